The van der Waals surface area contributed by atoms with Crippen LogP contribution in [0, 0.1) is 6.92 Å². The van der Waals surface area contributed by atoms with Crippen LogP contribution in [0.5, 0.6) is 11.5 Å². The molecule has 1 N–H and O–H groups in total. The first-order chi connectivity index (χ1) is 13.6. The molecule has 0 saturated heterocycles. The van der Waals surface area contributed by atoms with Crippen LogP contribution in [-0.2, 0) is 9.53 Å². The van der Waals surface area contributed by atoms with Crippen molar-refractivity contribution < 1.29 is 23.8 Å². The Labute approximate surface area is 161 Å². The van der Waals surface area contributed by atoms with Gasteiger partial charge >= 0.3 is 5.97 Å². The fraction of sp³-hybridized carbons (Fsp3) is 0.250. The van der Waals surface area contributed by atoms with Gasteiger partial charge in [0.05, 0.1) is 6.54 Å². The van der Waals surface area contributed by atoms with Crippen LogP contribution in [0.4, 0.5) is 0 Å². The molecule has 1 amide bonds. The van der Waals surface area contributed by atoms with Crippen molar-refractivity contribution in [2.45, 2.75) is 13.0 Å². The highest BCUT2D eigenvalue weighted by Gasteiger charge is 2.21. The van der Waals surface area contributed by atoms with Crippen LogP contribution in [0.1, 0.15) is 16.2 Å². The van der Waals surface area contributed by atoms with E-state index in [2.05, 4.69) is 10.3 Å². The maximum absolute atomic E-state index is 12.2. The highest BCUT2D eigenvalue weighted by Crippen LogP contribution is 2.30. The summed E-state index contributed by atoms with van der Waals surface area (Å²) in [6, 6.07) is 12.9. The smallest absolute Gasteiger partial charge is 0.359 e. The fourth-order valence-corrected chi connectivity index (χ4v) is 2.89. The lowest BCUT2D eigenvalue weighted by molar-refractivity contribution is -0.124. The predicted octanol–water partition coefficient (Wildman–Crippen LogP) is 1.76. The quantitative estimate of drug-likeness (QED) is 0.677. The summed E-state index contributed by atoms with van der Waals surface area (Å²) in [7, 11) is 0. The number of carbonyl (C=O) groups is 2. The topological polar surface area (TPSA) is 91.2 Å². The van der Waals surface area contributed by atoms with Crippen molar-refractivity contribution in [3.63, 3.8) is 0 Å². The number of esters is 1. The molecule has 144 valence electrons. The molecule has 1 atom stereocenters. The molecule has 3 aromatic rings. The summed E-state index contributed by atoms with van der Waals surface area (Å²) in [6.45, 7) is 2.10. The minimum Gasteiger partial charge on any atom is -0.486 e. The van der Waals surface area contributed by atoms with Gasteiger partial charge < -0.3 is 23.9 Å². The molecular formula is C20H19N3O5. The maximum Gasteiger partial charge on any atom is 0.359 e. The maximum atomic E-state index is 12.2. The number of nitrogens with zero attached hydrogens (tertiary/aromatic N) is 2. The summed E-state index contributed by atoms with van der Waals surface area (Å²) in [5.74, 6) is 0.253. The van der Waals surface area contributed by atoms with E-state index in [1.165, 1.54) is 0 Å². The van der Waals surface area contributed by atoms with Gasteiger partial charge in [-0.15, -0.1) is 0 Å². The second-order valence-corrected chi connectivity index (χ2v) is 6.40. The van der Waals surface area contributed by atoms with E-state index in [-0.39, 0.29) is 18.3 Å². The number of para-hydroxylation sites is 2. The average molecular weight is 381 g/mol. The Morgan fingerprint density at radius 3 is 2.86 bits per heavy atom. The molecule has 1 aliphatic heterocycles. The van der Waals surface area contributed by atoms with Gasteiger partial charge in [0, 0.05) is 11.9 Å². The highest BCUT2D eigenvalue weighted by molar-refractivity contribution is 5.90. The first kappa shape index (κ1) is 17.8. The molecule has 28 heavy (non-hydrogen) atoms. The number of pyridine rings is 1. The number of rotatable bonds is 5. The van der Waals surface area contributed by atoms with Gasteiger partial charge in [-0.05, 0) is 31.2 Å². The van der Waals surface area contributed by atoms with Crippen molar-refractivity contribution >= 4 is 17.5 Å². The predicted molar refractivity (Wildman–Crippen MR) is 99.6 cm³/mol. The Morgan fingerprint density at radius 1 is 1.21 bits per heavy atom. The van der Waals surface area contributed by atoms with Crippen molar-refractivity contribution in [1.29, 1.82) is 0 Å². The molecule has 0 bridgehead atoms. The monoisotopic (exact) mass is 381 g/mol. The number of carbonyl (C=O) groups excluding carboxylic acids is 2. The van der Waals surface area contributed by atoms with Gasteiger partial charge in [0.1, 0.15) is 18.4 Å². The largest absolute Gasteiger partial charge is 0.486 e. The van der Waals surface area contributed by atoms with Crippen LogP contribution in [0.2, 0.25) is 0 Å². The van der Waals surface area contributed by atoms with E-state index >= 15 is 0 Å². The number of aromatic nitrogens is 2. The number of nitrogens with one attached hydrogen (secondary N) is 1. The molecule has 0 saturated carbocycles. The number of aryl methyl sites for hydroxylation is 1. The molecule has 1 aromatic carbocycles. The molecule has 8 heteroatoms. The first-order valence-electron chi connectivity index (χ1n) is 8.87. The zero-order valence-corrected chi connectivity index (χ0v) is 15.3. The molecule has 1 aliphatic rings. The summed E-state index contributed by atoms with van der Waals surface area (Å²) in [6.07, 6.45) is 1.28. The molecule has 8 nitrogen and oxygen atoms in total. The van der Waals surface area contributed by atoms with E-state index in [0.29, 0.717) is 23.8 Å². The lowest BCUT2D eigenvalue weighted by Crippen LogP contribution is -2.42. The Hall–Kier alpha value is -3.55. The summed E-state index contributed by atoms with van der Waals surface area (Å²) in [5, 5.41) is 2.68. The summed E-state index contributed by atoms with van der Waals surface area (Å²) < 4.78 is 18.2. The summed E-state index contributed by atoms with van der Waals surface area (Å²) in [5.41, 5.74) is 1.74. The first-order valence-corrected chi connectivity index (χ1v) is 8.87. The normalized spacial score (nSPS) is 15.2. The minimum atomic E-state index is -0.649. The standard InChI is InChI=1S/C20H19N3O5/c1-13-5-4-8-18-22-15(10-23(13)18)20(25)27-12-19(24)21-9-14-11-26-16-6-2-3-7-17(16)28-14/h2-8,10,14H,9,11-12H2,1H3,(H,21,24)/t14-/m0/s1. The molecular weight excluding hydrogens is 362 g/mol. The third-order valence-electron chi connectivity index (χ3n) is 4.33. The molecule has 0 radical (unpaired) electrons. The lowest BCUT2D eigenvalue weighted by Gasteiger charge is -2.26. The van der Waals surface area contributed by atoms with Gasteiger partial charge in [-0.3, -0.25) is 4.79 Å². The Morgan fingerprint density at radius 2 is 2.04 bits per heavy atom. The molecule has 4 rings (SSSR count). The van der Waals surface area contributed by atoms with Crippen molar-refractivity contribution in [1.82, 2.24) is 14.7 Å². The number of amides is 1. The Balaban J connectivity index is 1.26. The Kier molecular flexibility index (Phi) is 4.84. The van der Waals surface area contributed by atoms with Crippen molar-refractivity contribution in [2.24, 2.45) is 0 Å². The number of imidazole rings is 1. The van der Waals surface area contributed by atoms with Crippen molar-refractivity contribution in [3.05, 3.63) is 60.0 Å². The van der Waals surface area contributed by atoms with Gasteiger partial charge in [-0.25, -0.2) is 9.78 Å². The molecule has 0 unspecified atom stereocenters. The fourth-order valence-electron chi connectivity index (χ4n) is 2.89. The van der Waals surface area contributed by atoms with Gasteiger partial charge in [-0.1, -0.05) is 18.2 Å². The molecule has 2 aromatic heterocycles. The van der Waals surface area contributed by atoms with Gasteiger partial charge in [0.2, 0.25) is 0 Å². The van der Waals surface area contributed by atoms with E-state index in [9.17, 15) is 9.59 Å². The number of benzene rings is 1. The summed E-state index contributed by atoms with van der Waals surface area (Å²) >= 11 is 0. The second kappa shape index (κ2) is 7.59. The van der Waals surface area contributed by atoms with Crippen LogP contribution >= 0.6 is 0 Å². The van der Waals surface area contributed by atoms with Gasteiger partial charge in [0.25, 0.3) is 5.91 Å². The molecule has 0 spiro atoms. The lowest BCUT2D eigenvalue weighted by atomic mass is 10.2. The highest BCUT2D eigenvalue weighted by atomic mass is 16.6. The van der Waals surface area contributed by atoms with Crippen LogP contribution in [0.3, 0.4) is 0 Å². The molecule has 3 heterocycles. The van der Waals surface area contributed by atoms with Crippen molar-refractivity contribution in [3.8, 4) is 11.5 Å². The van der Waals surface area contributed by atoms with Crippen LogP contribution in [-0.4, -0.2) is 47.1 Å². The summed E-state index contributed by atoms with van der Waals surface area (Å²) in [4.78, 5) is 28.3. The third kappa shape index (κ3) is 3.75. The van der Waals surface area contributed by atoms with E-state index in [1.807, 2.05) is 43.3 Å². The van der Waals surface area contributed by atoms with Crippen molar-refractivity contribution in [2.75, 3.05) is 19.8 Å². The number of ether oxygens (including phenoxy) is 3. The SMILES string of the molecule is Cc1cccc2nc(C(=O)OCC(=O)NC[C@H]3COc4ccccc4O3)cn12. The minimum absolute atomic E-state index is 0.155. The second-order valence-electron chi connectivity index (χ2n) is 6.40. The zero-order chi connectivity index (χ0) is 19.5. The Bertz CT molecular complexity index is 1030. The van der Waals surface area contributed by atoms with E-state index in [0.717, 1.165) is 5.69 Å². The molecule has 0 aliphatic carbocycles. The van der Waals surface area contributed by atoms with Crippen LogP contribution in [0.25, 0.3) is 5.65 Å². The number of fused-ring (bicyclic) bond motifs is 2. The average Bonchev–Trinajstić information content (AvgIpc) is 3.16. The number of hydrogen-bond donors (Lipinski definition) is 1. The van der Waals surface area contributed by atoms with E-state index in [1.54, 1.807) is 16.7 Å². The van der Waals surface area contributed by atoms with Gasteiger partial charge in [0.15, 0.2) is 23.8 Å². The molecule has 0 fully saturated rings. The van der Waals surface area contributed by atoms with E-state index in [4.69, 9.17) is 14.2 Å². The van der Waals surface area contributed by atoms with E-state index < -0.39 is 18.5 Å². The van der Waals surface area contributed by atoms with Crippen LogP contribution in [0.15, 0.2) is 48.7 Å². The third-order valence-corrected chi connectivity index (χ3v) is 4.33. The zero-order valence-electron chi connectivity index (χ0n) is 15.3. The number of hydrogen-bond acceptors (Lipinski definition) is 6. The van der Waals surface area contributed by atoms with Crippen LogP contribution < -0.4 is 14.8 Å². The van der Waals surface area contributed by atoms with Gasteiger partial charge in [-0.2, -0.15) is 0 Å².